The Morgan fingerprint density at radius 1 is 0.491 bits per heavy atom. The van der Waals surface area contributed by atoms with Gasteiger partial charge in [0.15, 0.2) is 23.5 Å². The SMILES string of the molecule is CN(C)CCC(=O)N1CCCCc2cccc(c2)-c2cnn3ccc(nc23)NCC1.CN(C)CCN1CCN(C)c2ccn3ncc(c3n2)-c2cccc(c2)OCC1=O.O=C1CCNCc2cccc(c2)-c2cnn3ccc(cc23)NCCN1.O=C1CNc2ccn3ncc(c3n2)-c2cccc(c2)OCCCN1. The summed E-state index contributed by atoms with van der Waals surface area (Å²) in [6, 6.07) is 42.4. The number of carbonyl (C=O) groups excluding carboxylic acids is 4. The Bertz CT molecular complexity index is 5070. The van der Waals surface area contributed by atoms with Gasteiger partial charge in [-0.25, -0.2) is 33.0 Å². The third kappa shape index (κ3) is 19.5. The van der Waals surface area contributed by atoms with Gasteiger partial charge in [0.05, 0.1) is 43.5 Å². The van der Waals surface area contributed by atoms with Crippen LogP contribution in [0.1, 0.15) is 43.2 Å². The van der Waals surface area contributed by atoms with Crippen molar-refractivity contribution in [1.29, 1.82) is 0 Å². The highest BCUT2D eigenvalue weighted by Crippen LogP contribution is 2.32. The number of aromatic nitrogens is 11. The minimum absolute atomic E-state index is 0.0163. The largest absolute Gasteiger partial charge is 0.494 e. The third-order valence-electron chi connectivity index (χ3n) is 18.9. The number of benzene rings is 4. The number of carbonyl (C=O) groups is 4. The van der Waals surface area contributed by atoms with Crippen molar-refractivity contribution in [2.24, 2.45) is 0 Å². The Hall–Kier alpha value is -12.0. The summed E-state index contributed by atoms with van der Waals surface area (Å²) in [5.41, 5.74) is 15.2. The van der Waals surface area contributed by atoms with Crippen molar-refractivity contribution in [2.45, 2.75) is 45.1 Å². The van der Waals surface area contributed by atoms with Gasteiger partial charge in [-0.15, -0.1) is 0 Å². The predicted molar refractivity (Wildman–Crippen MR) is 420 cm³/mol. The number of nitrogens with zero attached hydrogens (tertiary/aromatic N) is 16. The number of pyridine rings is 1. The van der Waals surface area contributed by atoms with Crippen molar-refractivity contribution in [3.63, 3.8) is 0 Å². The summed E-state index contributed by atoms with van der Waals surface area (Å²) < 4.78 is 18.8. The summed E-state index contributed by atoms with van der Waals surface area (Å²) in [4.78, 5) is 73.5. The van der Waals surface area contributed by atoms with Gasteiger partial charge in [-0.05, 0) is 148 Å². The summed E-state index contributed by atoms with van der Waals surface area (Å²) >= 11 is 0. The lowest BCUT2D eigenvalue weighted by Crippen LogP contribution is -2.43. The van der Waals surface area contributed by atoms with Gasteiger partial charge in [0.25, 0.3) is 5.91 Å². The first kappa shape index (κ1) is 74.3. The summed E-state index contributed by atoms with van der Waals surface area (Å²) in [5.74, 6) is 3.96. The van der Waals surface area contributed by atoms with E-state index in [2.05, 4.69) is 127 Å². The van der Waals surface area contributed by atoms with Crippen LogP contribution in [-0.4, -0.2) is 230 Å². The Morgan fingerprint density at radius 2 is 1.08 bits per heavy atom. The van der Waals surface area contributed by atoms with E-state index >= 15 is 0 Å². The van der Waals surface area contributed by atoms with Gasteiger partial charge >= 0.3 is 0 Å². The molecule has 4 aliphatic heterocycles. The Morgan fingerprint density at radius 3 is 1.80 bits per heavy atom. The predicted octanol–water partition coefficient (Wildman–Crippen LogP) is 8.27. The van der Waals surface area contributed by atoms with Crippen LogP contribution in [-0.2, 0) is 32.1 Å². The number of anilines is 4. The number of amides is 4. The first-order chi connectivity index (χ1) is 52.7. The van der Waals surface area contributed by atoms with Crippen LogP contribution < -0.4 is 46.3 Å². The van der Waals surface area contributed by atoms with Crippen LogP contribution >= 0.6 is 0 Å². The molecule has 0 saturated heterocycles. The number of hydrogen-bond acceptors (Lipinski definition) is 20. The normalized spacial score (nSPS) is 15.2. The molecule has 0 radical (unpaired) electrons. The summed E-state index contributed by atoms with van der Waals surface area (Å²) in [6.07, 6.45) is 19.9. The first-order valence-corrected chi connectivity index (χ1v) is 36.9. The molecule has 0 aliphatic carbocycles. The van der Waals surface area contributed by atoms with E-state index in [1.54, 1.807) is 21.3 Å². The standard InChI is InChI=1S/C23H30N6O.C21H26N6O2.C19H21N5O.C17H17N5O2/c1-27(2)13-10-22(30)28-12-4-3-6-18-7-5-8-19(16-18)20-17-25-29-14-9-21(24-11-15-28)26-23(20)29;1-24(2)9-11-26-12-10-25(3)19-7-8-27-21(23-19)18(14-22-27)16-5-4-6-17(13-16)29-15-20(26)28;25-19-4-6-20-12-14-2-1-3-15(10-14)17-13-23-24-9-5-16(11-18(17)24)21-7-8-22-19;23-16-11-19-15-5-7-22-17(21-15)14(10-20-22)12-3-1-4-13(9-12)24-8-2-6-18-16/h5,7-9,14,16-17H,3-4,6,10-13,15H2,1-2H3,(H,24,26);4-8,13-14H,9-12,15H2,1-3H3;1-3,5,9-11,13,20-21H,4,6-8,12H2,(H,22,25);1,3-5,7,9-10H,2,6,8,11H2,(H,18,23)(H,19,21). The molecule has 560 valence electrons. The zero-order valence-electron chi connectivity index (χ0n) is 61.9. The fraction of sp³-hybridized carbons (Fsp3) is 0.338. The van der Waals surface area contributed by atoms with Crippen LogP contribution in [0.3, 0.4) is 0 Å². The van der Waals surface area contributed by atoms with Crippen molar-refractivity contribution in [3.8, 4) is 56.0 Å². The van der Waals surface area contributed by atoms with Crippen LogP contribution in [0.25, 0.3) is 67.0 Å². The molecule has 8 aromatic heterocycles. The molecule has 0 fully saturated rings. The maximum Gasteiger partial charge on any atom is 0.260 e. The molecule has 0 unspecified atom stereocenters. The molecular weight excluding hydrogens is 1370 g/mol. The Balaban J connectivity index is 0.000000127. The monoisotopic (exact) mass is 1460 g/mol. The Labute approximate surface area is 627 Å². The fourth-order valence-electron chi connectivity index (χ4n) is 12.9. The summed E-state index contributed by atoms with van der Waals surface area (Å²) in [5, 5.41) is 36.6. The van der Waals surface area contributed by atoms with Gasteiger partial charge in [0.1, 0.15) is 29.0 Å². The van der Waals surface area contributed by atoms with Gasteiger partial charge in [-0.2, -0.15) is 20.4 Å². The third-order valence-corrected chi connectivity index (χ3v) is 18.9. The number of rotatable bonds is 6. The smallest absolute Gasteiger partial charge is 0.260 e. The van der Waals surface area contributed by atoms with E-state index in [-0.39, 0.29) is 36.8 Å². The second-order valence-corrected chi connectivity index (χ2v) is 27.5. The van der Waals surface area contributed by atoms with Gasteiger partial charge in [-0.3, -0.25) is 19.2 Å². The molecular formula is C80H94N22O6. The summed E-state index contributed by atoms with van der Waals surface area (Å²) in [6.45, 7) is 9.70. The zero-order valence-corrected chi connectivity index (χ0v) is 61.9. The zero-order chi connectivity index (χ0) is 74.7. The number of aryl methyl sites for hydroxylation is 1. The molecule has 4 amide bonds. The van der Waals surface area contributed by atoms with Crippen LogP contribution in [0.2, 0.25) is 0 Å². The second-order valence-electron chi connectivity index (χ2n) is 27.5. The van der Waals surface area contributed by atoms with Crippen LogP contribution in [0.15, 0.2) is 177 Å². The van der Waals surface area contributed by atoms with Gasteiger partial charge in [0, 0.05) is 158 Å². The lowest BCUT2D eigenvalue weighted by Gasteiger charge is -2.27. The van der Waals surface area contributed by atoms with Gasteiger partial charge < -0.3 is 65.9 Å². The van der Waals surface area contributed by atoms with Crippen LogP contribution in [0.5, 0.6) is 11.5 Å². The molecule has 28 heteroatoms. The quantitative estimate of drug-likeness (QED) is 0.0913. The van der Waals surface area contributed by atoms with Crippen molar-refractivity contribution >= 4 is 69.2 Å². The lowest BCUT2D eigenvalue weighted by atomic mass is 10.0. The first-order valence-electron chi connectivity index (χ1n) is 36.9. The van der Waals surface area contributed by atoms with E-state index in [0.29, 0.717) is 89.9 Å². The average Bonchev–Trinajstić information content (AvgIpc) is 1.65. The number of likely N-dealkylation sites (N-methyl/N-ethyl adjacent to an activating group) is 2. The van der Waals surface area contributed by atoms with E-state index in [4.69, 9.17) is 19.4 Å². The van der Waals surface area contributed by atoms with Crippen molar-refractivity contribution in [3.05, 3.63) is 188 Å². The highest BCUT2D eigenvalue weighted by molar-refractivity contribution is 5.85. The molecule has 4 aromatic carbocycles. The maximum atomic E-state index is 12.8. The number of hydrogen-bond donors (Lipinski definition) is 6. The molecule has 0 saturated carbocycles. The highest BCUT2D eigenvalue weighted by Gasteiger charge is 2.21. The fourth-order valence-corrected chi connectivity index (χ4v) is 12.9. The topological polar surface area (TPSA) is 283 Å². The second kappa shape index (κ2) is 35.9. The molecule has 28 nitrogen and oxygen atoms in total. The molecule has 0 spiro atoms. The number of ether oxygens (including phenoxy) is 2. The molecule has 16 rings (SSSR count). The lowest BCUT2D eigenvalue weighted by molar-refractivity contribution is -0.133. The van der Waals surface area contributed by atoms with E-state index in [1.165, 1.54) is 11.1 Å². The van der Waals surface area contributed by atoms with Crippen molar-refractivity contribution in [1.82, 2.24) is 89.0 Å². The molecule has 12 heterocycles. The van der Waals surface area contributed by atoms with Gasteiger partial charge in [0.2, 0.25) is 17.7 Å². The van der Waals surface area contributed by atoms with E-state index < -0.39 is 0 Å². The molecule has 108 heavy (non-hydrogen) atoms. The number of nitrogens with one attached hydrogen (secondary N) is 6. The number of fused-ring (bicyclic) bond motifs is 16. The summed E-state index contributed by atoms with van der Waals surface area (Å²) in [7, 11) is 10.0. The van der Waals surface area contributed by atoms with Gasteiger partial charge in [-0.1, -0.05) is 66.7 Å². The molecule has 12 aromatic rings. The van der Waals surface area contributed by atoms with Crippen LogP contribution in [0, 0.1) is 0 Å². The van der Waals surface area contributed by atoms with E-state index in [0.717, 1.165) is 142 Å². The van der Waals surface area contributed by atoms with Crippen LogP contribution in [0.4, 0.5) is 23.1 Å². The minimum atomic E-state index is -0.0687. The van der Waals surface area contributed by atoms with Crippen molar-refractivity contribution in [2.75, 3.05) is 154 Å². The van der Waals surface area contributed by atoms with E-state index in [9.17, 15) is 19.2 Å². The molecule has 16 bridgehead atoms. The molecule has 0 atom stereocenters. The molecule has 4 aliphatic rings. The van der Waals surface area contributed by atoms with Crippen molar-refractivity contribution < 1.29 is 28.7 Å². The average molecular weight is 1460 g/mol. The molecule has 6 N–H and O–H groups in total. The maximum absolute atomic E-state index is 12.8. The Kier molecular flexibility index (Phi) is 24.7. The minimum Gasteiger partial charge on any atom is -0.494 e. The van der Waals surface area contributed by atoms with E-state index in [1.807, 2.05) is 164 Å². The highest BCUT2D eigenvalue weighted by atomic mass is 16.5.